The maximum atomic E-state index is 5.27. The van der Waals surface area contributed by atoms with Gasteiger partial charge >= 0.3 is 0 Å². The lowest BCUT2D eigenvalue weighted by atomic mass is 10.1. The SMILES string of the molecule is CCNc1ccnc(-c2cc(OC)cc(OC)c2)c1. The fourth-order valence-electron chi connectivity index (χ4n) is 1.86. The molecule has 0 aliphatic rings. The number of nitrogens with one attached hydrogen (secondary N) is 1. The lowest BCUT2D eigenvalue weighted by Gasteiger charge is -2.09. The van der Waals surface area contributed by atoms with Crippen LogP contribution >= 0.6 is 0 Å². The van der Waals surface area contributed by atoms with Gasteiger partial charge in [0.25, 0.3) is 0 Å². The quantitative estimate of drug-likeness (QED) is 0.894. The van der Waals surface area contributed by atoms with Gasteiger partial charge in [-0.2, -0.15) is 0 Å². The van der Waals surface area contributed by atoms with E-state index in [1.165, 1.54) is 0 Å². The Morgan fingerprint density at radius 2 is 1.74 bits per heavy atom. The van der Waals surface area contributed by atoms with Crippen molar-refractivity contribution >= 4 is 5.69 Å². The molecule has 0 saturated heterocycles. The molecule has 0 radical (unpaired) electrons. The summed E-state index contributed by atoms with van der Waals surface area (Å²) in [6.45, 7) is 2.94. The zero-order chi connectivity index (χ0) is 13.7. The van der Waals surface area contributed by atoms with Gasteiger partial charge in [-0.15, -0.1) is 0 Å². The van der Waals surface area contributed by atoms with E-state index in [9.17, 15) is 0 Å². The second kappa shape index (κ2) is 6.09. The van der Waals surface area contributed by atoms with E-state index in [4.69, 9.17) is 9.47 Å². The molecule has 0 aliphatic heterocycles. The van der Waals surface area contributed by atoms with Gasteiger partial charge in [-0.3, -0.25) is 4.98 Å². The third kappa shape index (κ3) is 3.16. The first-order chi connectivity index (χ1) is 9.26. The molecule has 1 heterocycles. The molecule has 1 aromatic carbocycles. The molecular weight excluding hydrogens is 240 g/mol. The molecule has 0 fully saturated rings. The summed E-state index contributed by atoms with van der Waals surface area (Å²) in [6.07, 6.45) is 1.79. The van der Waals surface area contributed by atoms with Crippen molar-refractivity contribution in [2.75, 3.05) is 26.1 Å². The highest BCUT2D eigenvalue weighted by Crippen LogP contribution is 2.29. The van der Waals surface area contributed by atoms with Crippen LogP contribution in [0.4, 0.5) is 5.69 Å². The summed E-state index contributed by atoms with van der Waals surface area (Å²) in [6, 6.07) is 9.70. The van der Waals surface area contributed by atoms with Crippen LogP contribution in [0.2, 0.25) is 0 Å². The lowest BCUT2D eigenvalue weighted by molar-refractivity contribution is 0.394. The molecular formula is C15H18N2O2. The third-order valence-electron chi connectivity index (χ3n) is 2.79. The van der Waals surface area contributed by atoms with E-state index in [0.29, 0.717) is 0 Å². The monoisotopic (exact) mass is 258 g/mol. The molecule has 2 aromatic rings. The molecule has 1 N–H and O–H groups in total. The highest BCUT2D eigenvalue weighted by atomic mass is 16.5. The van der Waals surface area contributed by atoms with Crippen molar-refractivity contribution in [3.05, 3.63) is 36.5 Å². The molecule has 0 unspecified atom stereocenters. The number of methoxy groups -OCH3 is 2. The van der Waals surface area contributed by atoms with Crippen LogP contribution in [0.25, 0.3) is 11.3 Å². The minimum atomic E-state index is 0.755. The minimum Gasteiger partial charge on any atom is -0.497 e. The molecule has 0 amide bonds. The second-order valence-corrected chi connectivity index (χ2v) is 4.06. The molecule has 100 valence electrons. The second-order valence-electron chi connectivity index (χ2n) is 4.06. The maximum Gasteiger partial charge on any atom is 0.123 e. The van der Waals surface area contributed by atoms with E-state index < -0.39 is 0 Å². The topological polar surface area (TPSA) is 43.4 Å². The zero-order valence-electron chi connectivity index (χ0n) is 11.4. The van der Waals surface area contributed by atoms with Gasteiger partial charge in [-0.05, 0) is 31.2 Å². The number of ether oxygens (including phenoxy) is 2. The average Bonchev–Trinajstić information content (AvgIpc) is 2.47. The molecule has 0 atom stereocenters. The molecule has 0 bridgehead atoms. The number of aromatic nitrogens is 1. The molecule has 0 saturated carbocycles. The van der Waals surface area contributed by atoms with Crippen LogP contribution in [0.5, 0.6) is 11.5 Å². The zero-order valence-corrected chi connectivity index (χ0v) is 11.4. The van der Waals surface area contributed by atoms with Gasteiger partial charge in [-0.25, -0.2) is 0 Å². The van der Waals surface area contributed by atoms with Crippen molar-refractivity contribution < 1.29 is 9.47 Å². The van der Waals surface area contributed by atoms with Crippen molar-refractivity contribution in [3.8, 4) is 22.8 Å². The maximum absolute atomic E-state index is 5.27. The number of hydrogen-bond acceptors (Lipinski definition) is 4. The van der Waals surface area contributed by atoms with Crippen LogP contribution in [0.15, 0.2) is 36.5 Å². The highest BCUT2D eigenvalue weighted by Gasteiger charge is 2.06. The van der Waals surface area contributed by atoms with Crippen LogP contribution in [-0.2, 0) is 0 Å². The predicted octanol–water partition coefficient (Wildman–Crippen LogP) is 3.20. The molecule has 4 heteroatoms. The summed E-state index contributed by atoms with van der Waals surface area (Å²) in [5.74, 6) is 1.51. The van der Waals surface area contributed by atoms with Crippen molar-refractivity contribution in [3.63, 3.8) is 0 Å². The van der Waals surface area contributed by atoms with Crippen molar-refractivity contribution in [2.24, 2.45) is 0 Å². The van der Waals surface area contributed by atoms with E-state index in [2.05, 4.69) is 17.2 Å². The largest absolute Gasteiger partial charge is 0.497 e. The van der Waals surface area contributed by atoms with E-state index in [-0.39, 0.29) is 0 Å². The highest BCUT2D eigenvalue weighted by molar-refractivity contribution is 5.67. The van der Waals surface area contributed by atoms with Crippen molar-refractivity contribution in [1.29, 1.82) is 0 Å². The van der Waals surface area contributed by atoms with Gasteiger partial charge < -0.3 is 14.8 Å². The Morgan fingerprint density at radius 3 is 2.32 bits per heavy atom. The molecule has 0 aliphatic carbocycles. The Kier molecular flexibility index (Phi) is 4.23. The van der Waals surface area contributed by atoms with E-state index in [1.807, 2.05) is 30.3 Å². The first-order valence-corrected chi connectivity index (χ1v) is 6.20. The predicted molar refractivity (Wildman–Crippen MR) is 76.9 cm³/mol. The van der Waals surface area contributed by atoms with Gasteiger partial charge in [0.05, 0.1) is 19.9 Å². The number of nitrogens with zero attached hydrogens (tertiary/aromatic N) is 1. The number of hydrogen-bond donors (Lipinski definition) is 1. The standard InChI is InChI=1S/C15H18N2O2/c1-4-16-12-5-6-17-15(9-12)11-7-13(18-2)10-14(8-11)19-3/h5-10H,4H2,1-3H3,(H,16,17). The van der Waals surface area contributed by atoms with Crippen LogP contribution < -0.4 is 14.8 Å². The van der Waals surface area contributed by atoms with Crippen LogP contribution in [-0.4, -0.2) is 25.7 Å². The van der Waals surface area contributed by atoms with Gasteiger partial charge in [0.15, 0.2) is 0 Å². The Hall–Kier alpha value is -2.23. The molecule has 0 spiro atoms. The summed E-state index contributed by atoms with van der Waals surface area (Å²) >= 11 is 0. The molecule has 19 heavy (non-hydrogen) atoms. The van der Waals surface area contributed by atoms with Crippen molar-refractivity contribution in [2.45, 2.75) is 6.92 Å². The fraction of sp³-hybridized carbons (Fsp3) is 0.267. The lowest BCUT2D eigenvalue weighted by Crippen LogP contribution is -1.97. The Labute approximate surface area is 113 Å². The van der Waals surface area contributed by atoms with Gasteiger partial charge in [-0.1, -0.05) is 0 Å². The van der Waals surface area contributed by atoms with E-state index >= 15 is 0 Å². The summed E-state index contributed by atoms with van der Waals surface area (Å²) in [5, 5.41) is 3.27. The van der Waals surface area contributed by atoms with E-state index in [0.717, 1.165) is 35.0 Å². The van der Waals surface area contributed by atoms with Crippen molar-refractivity contribution in [1.82, 2.24) is 4.98 Å². The number of benzene rings is 1. The normalized spacial score (nSPS) is 10.1. The molecule has 4 nitrogen and oxygen atoms in total. The number of anilines is 1. The van der Waals surface area contributed by atoms with E-state index in [1.54, 1.807) is 20.4 Å². The molecule has 2 rings (SSSR count). The Balaban J connectivity index is 2.42. The Bertz CT molecular complexity index is 533. The first-order valence-electron chi connectivity index (χ1n) is 6.20. The van der Waals surface area contributed by atoms with Gasteiger partial charge in [0.2, 0.25) is 0 Å². The summed E-state index contributed by atoms with van der Waals surface area (Å²) in [4.78, 5) is 4.39. The summed E-state index contributed by atoms with van der Waals surface area (Å²) in [7, 11) is 3.28. The van der Waals surface area contributed by atoms with Crippen LogP contribution in [0.3, 0.4) is 0 Å². The van der Waals surface area contributed by atoms with Crippen LogP contribution in [0.1, 0.15) is 6.92 Å². The minimum absolute atomic E-state index is 0.755. The van der Waals surface area contributed by atoms with Gasteiger partial charge in [0, 0.05) is 30.1 Å². The molecule has 1 aromatic heterocycles. The summed E-state index contributed by atoms with van der Waals surface area (Å²) in [5.41, 5.74) is 2.90. The van der Waals surface area contributed by atoms with Crippen LogP contribution in [0, 0.1) is 0 Å². The average molecular weight is 258 g/mol. The number of pyridine rings is 1. The fourth-order valence-corrected chi connectivity index (χ4v) is 1.86. The third-order valence-corrected chi connectivity index (χ3v) is 2.79. The smallest absolute Gasteiger partial charge is 0.123 e. The number of rotatable bonds is 5. The summed E-state index contributed by atoms with van der Waals surface area (Å²) < 4.78 is 10.5. The Morgan fingerprint density at radius 1 is 1.05 bits per heavy atom. The first kappa shape index (κ1) is 13.2. The van der Waals surface area contributed by atoms with Gasteiger partial charge in [0.1, 0.15) is 11.5 Å².